The zero-order valence-corrected chi connectivity index (χ0v) is 9.62. The predicted octanol–water partition coefficient (Wildman–Crippen LogP) is 1.48. The third-order valence-corrected chi connectivity index (χ3v) is 0. The second-order valence-corrected chi connectivity index (χ2v) is 1.34. The van der Waals surface area contributed by atoms with Crippen LogP contribution in [0.2, 0.25) is 0 Å². The van der Waals surface area contributed by atoms with Crippen molar-refractivity contribution in [1.82, 2.24) is 0 Å². The van der Waals surface area contributed by atoms with Crippen LogP contribution in [0.25, 0.3) is 0 Å². The molecule has 0 aliphatic rings. The van der Waals surface area contributed by atoms with Gasteiger partial charge in [0.05, 0.1) is 0 Å². The van der Waals surface area contributed by atoms with Gasteiger partial charge in [0, 0.05) is 0 Å². The van der Waals surface area contributed by atoms with Gasteiger partial charge in [-0.05, 0) is 15.3 Å². The van der Waals surface area contributed by atoms with Gasteiger partial charge >= 0.3 is 19.5 Å². The second-order valence-electron chi connectivity index (χ2n) is 0.149. The summed E-state index contributed by atoms with van der Waals surface area (Å²) in [7, 11) is -0.500. The largest absolute Gasteiger partial charge is 2.00 e. The standard InChI is InChI=1S/2HOPS.Zn/c2*1-2-3;/h2*(H,1,3);/q;;+2/p-2. The van der Waals surface area contributed by atoms with Crippen LogP contribution in [0.3, 0.4) is 0 Å². The van der Waals surface area contributed by atoms with Crippen molar-refractivity contribution < 1.29 is 28.6 Å². The van der Waals surface area contributed by atoms with E-state index >= 15 is 0 Å². The van der Waals surface area contributed by atoms with E-state index in [0.29, 0.717) is 0 Å². The molecule has 0 fully saturated rings. The topological polar surface area (TPSA) is 34.1 Å². The first kappa shape index (κ1) is 15.8. The average Bonchev–Trinajstić information content (AvgIpc) is 1.39. The molecular formula is O2P2S2Zn. The molecule has 0 amide bonds. The van der Waals surface area contributed by atoms with E-state index in [-0.39, 0.29) is 34.8 Å². The Morgan fingerprint density at radius 2 is 1.00 bits per heavy atom. The molecule has 0 rings (SSSR count). The summed E-state index contributed by atoms with van der Waals surface area (Å²) in [4.78, 5) is 0. The van der Waals surface area contributed by atoms with Crippen molar-refractivity contribution in [1.29, 1.82) is 0 Å². The summed E-state index contributed by atoms with van der Waals surface area (Å²) in [5, 5.41) is 0. The molecular weight excluding hydrogens is 223 g/mol. The molecule has 0 N–H and O–H groups in total. The Balaban J connectivity index is -0.0000000400. The molecule has 0 saturated heterocycles. The SMILES string of the molecule is O=P[S-].O=P[S-].[Zn+2]. The van der Waals surface area contributed by atoms with Gasteiger partial charge in [-0.2, -0.15) is 0 Å². The molecule has 0 spiro atoms. The van der Waals surface area contributed by atoms with E-state index in [1.54, 1.807) is 0 Å². The maximum absolute atomic E-state index is 8.72. The minimum Gasteiger partial charge on any atom is -0.682 e. The van der Waals surface area contributed by atoms with E-state index in [2.05, 4.69) is 24.5 Å². The summed E-state index contributed by atoms with van der Waals surface area (Å²) in [6, 6.07) is 0. The van der Waals surface area contributed by atoms with Crippen molar-refractivity contribution in [3.8, 4) is 0 Å². The molecule has 0 radical (unpaired) electrons. The first-order chi connectivity index (χ1) is 2.83. The maximum Gasteiger partial charge on any atom is 2.00 e. The van der Waals surface area contributed by atoms with Crippen molar-refractivity contribution in [3.05, 3.63) is 0 Å². The van der Waals surface area contributed by atoms with Gasteiger partial charge in [-0.1, -0.05) is 0 Å². The molecule has 7 heteroatoms. The summed E-state index contributed by atoms with van der Waals surface area (Å²) in [5.74, 6) is 0. The summed E-state index contributed by atoms with van der Waals surface area (Å²) >= 11 is 7.62. The Morgan fingerprint density at radius 1 is 1.00 bits per heavy atom. The zero-order chi connectivity index (χ0) is 5.41. The van der Waals surface area contributed by atoms with Gasteiger partial charge in [-0.3, -0.25) is 0 Å². The van der Waals surface area contributed by atoms with E-state index in [0.717, 1.165) is 0 Å². The monoisotopic (exact) mass is 222 g/mol. The van der Waals surface area contributed by atoms with Crippen LogP contribution in [0, 0.1) is 0 Å². The molecule has 0 atom stereocenters. The molecule has 0 bridgehead atoms. The molecule has 0 unspecified atom stereocenters. The Morgan fingerprint density at radius 3 is 1.00 bits per heavy atom. The van der Waals surface area contributed by atoms with E-state index < -0.39 is 0 Å². The molecule has 0 aromatic rings. The number of hydrogen-bond donors (Lipinski definition) is 0. The molecule has 0 aliphatic carbocycles. The van der Waals surface area contributed by atoms with Gasteiger partial charge < -0.3 is 33.6 Å². The normalized spacial score (nSPS) is 6.00. The molecule has 7 heavy (non-hydrogen) atoms. The van der Waals surface area contributed by atoms with Gasteiger partial charge in [-0.25, -0.2) is 0 Å². The van der Waals surface area contributed by atoms with Crippen molar-refractivity contribution >= 4 is 39.8 Å². The maximum atomic E-state index is 8.72. The fourth-order valence-electron chi connectivity index (χ4n) is 0. The zero-order valence-electron chi connectivity index (χ0n) is 3.23. The van der Waals surface area contributed by atoms with Crippen LogP contribution in [-0.4, -0.2) is 0 Å². The van der Waals surface area contributed by atoms with Gasteiger partial charge in [0.15, 0.2) is 0 Å². The van der Waals surface area contributed by atoms with Crippen molar-refractivity contribution in [2.24, 2.45) is 0 Å². The van der Waals surface area contributed by atoms with E-state index in [9.17, 15) is 0 Å². The second kappa shape index (κ2) is 25.8. The summed E-state index contributed by atoms with van der Waals surface area (Å²) in [5.41, 5.74) is 0. The van der Waals surface area contributed by atoms with Gasteiger partial charge in [-0.15, -0.1) is 0 Å². The van der Waals surface area contributed by atoms with E-state index in [1.807, 2.05) is 0 Å². The molecule has 2 nitrogen and oxygen atoms in total. The molecule has 0 aromatic heterocycles. The third kappa shape index (κ3) is 98.9. The van der Waals surface area contributed by atoms with Crippen LogP contribution in [-0.2, 0) is 53.1 Å². The predicted molar refractivity (Wildman–Crippen MR) is 29.9 cm³/mol. The molecule has 0 heterocycles. The smallest absolute Gasteiger partial charge is 0.682 e. The van der Waals surface area contributed by atoms with Gasteiger partial charge in [0.2, 0.25) is 0 Å². The first-order valence-electron chi connectivity index (χ1n) is 0.730. The van der Waals surface area contributed by atoms with Crippen molar-refractivity contribution in [2.75, 3.05) is 0 Å². The minimum absolute atomic E-state index is 0. The molecule has 0 saturated carbocycles. The van der Waals surface area contributed by atoms with Crippen LogP contribution >= 0.6 is 15.3 Å². The summed E-state index contributed by atoms with van der Waals surface area (Å²) in [6.07, 6.45) is 0. The molecule has 36 valence electrons. The van der Waals surface area contributed by atoms with Crippen molar-refractivity contribution in [2.45, 2.75) is 0 Å². The third-order valence-electron chi connectivity index (χ3n) is 0. The Bertz CT molecular complexity index is 34.7. The summed E-state index contributed by atoms with van der Waals surface area (Å²) in [6.45, 7) is 0. The summed E-state index contributed by atoms with van der Waals surface area (Å²) < 4.78 is 17.4. The van der Waals surface area contributed by atoms with Crippen LogP contribution in [0.1, 0.15) is 0 Å². The van der Waals surface area contributed by atoms with Crippen LogP contribution < -0.4 is 0 Å². The van der Waals surface area contributed by atoms with Crippen molar-refractivity contribution in [3.63, 3.8) is 0 Å². The first-order valence-corrected chi connectivity index (χ1v) is 4.38. The molecule has 0 aliphatic heterocycles. The van der Waals surface area contributed by atoms with Gasteiger partial charge in [0.1, 0.15) is 0 Å². The molecule has 0 aromatic carbocycles. The van der Waals surface area contributed by atoms with E-state index in [4.69, 9.17) is 9.13 Å². The Hall–Kier alpha value is 1.52. The number of rotatable bonds is 0. The fourth-order valence-corrected chi connectivity index (χ4v) is 0. The van der Waals surface area contributed by atoms with Crippen LogP contribution in [0.5, 0.6) is 0 Å². The average molecular weight is 223 g/mol. The van der Waals surface area contributed by atoms with E-state index in [1.165, 1.54) is 0 Å². The Kier molecular flexibility index (Phi) is 58.3. The minimum atomic E-state index is -0.250. The quantitative estimate of drug-likeness (QED) is 0.354. The van der Waals surface area contributed by atoms with Gasteiger partial charge in [0.25, 0.3) is 0 Å². The van der Waals surface area contributed by atoms with Crippen LogP contribution in [0.4, 0.5) is 0 Å². The Labute approximate surface area is 68.3 Å². The fraction of sp³-hybridized carbons (Fsp3) is 0. The van der Waals surface area contributed by atoms with Crippen LogP contribution in [0.15, 0.2) is 0 Å². The number of hydrogen-bond acceptors (Lipinski definition) is 4.